The molecule has 6 nitrogen and oxygen atoms in total. The van der Waals surface area contributed by atoms with Gasteiger partial charge in [-0.15, -0.1) is 0 Å². The first kappa shape index (κ1) is 12.2. The second kappa shape index (κ2) is 4.38. The van der Waals surface area contributed by atoms with Crippen molar-refractivity contribution < 1.29 is 28.7 Å². The van der Waals surface area contributed by atoms with Crippen molar-refractivity contribution in [2.45, 2.75) is 31.8 Å². The van der Waals surface area contributed by atoms with Gasteiger partial charge in [0.25, 0.3) is 0 Å². The molecular weight excluding hydrogens is 252 g/mol. The summed E-state index contributed by atoms with van der Waals surface area (Å²) in [5.74, 6) is -4.78. The molecule has 3 aliphatic heterocycles. The highest BCUT2D eigenvalue weighted by atomic mass is 16.6. The van der Waals surface area contributed by atoms with Gasteiger partial charge in [0.05, 0.1) is 6.10 Å². The molecule has 0 saturated carbocycles. The lowest BCUT2D eigenvalue weighted by Gasteiger charge is -2.19. The Balaban J connectivity index is 1.97. The van der Waals surface area contributed by atoms with Gasteiger partial charge >= 0.3 is 11.9 Å². The predicted molar refractivity (Wildman–Crippen MR) is 59.8 cm³/mol. The molecule has 1 aliphatic carbocycles. The summed E-state index contributed by atoms with van der Waals surface area (Å²) in [6.07, 6.45) is 2.25. The second-order valence-corrected chi connectivity index (χ2v) is 4.98. The van der Waals surface area contributed by atoms with E-state index in [4.69, 9.17) is 4.74 Å². The Labute approximate surface area is 108 Å². The van der Waals surface area contributed by atoms with E-state index in [2.05, 4.69) is 4.74 Å². The Morgan fingerprint density at radius 3 is 2.63 bits per heavy atom. The number of Topliss-reactive ketones (excluding diaryl/α,β-unsaturated/α-hetero) is 2. The number of carbonyl (C=O) groups excluding carboxylic acids is 4. The zero-order valence-electron chi connectivity index (χ0n) is 10.1. The lowest BCUT2D eigenvalue weighted by molar-refractivity contribution is -0.159. The van der Waals surface area contributed by atoms with Crippen molar-refractivity contribution in [2.75, 3.05) is 6.61 Å². The minimum atomic E-state index is -1.15. The molecule has 0 aromatic heterocycles. The number of hydrogen-bond acceptors (Lipinski definition) is 6. The third kappa shape index (κ3) is 1.92. The van der Waals surface area contributed by atoms with Gasteiger partial charge in [-0.05, 0) is 31.3 Å². The van der Waals surface area contributed by atoms with E-state index in [0.717, 1.165) is 12.8 Å². The molecule has 3 heterocycles. The first-order chi connectivity index (χ1) is 9.08. The second-order valence-electron chi connectivity index (χ2n) is 4.98. The van der Waals surface area contributed by atoms with Crippen LogP contribution in [0.3, 0.4) is 0 Å². The zero-order valence-corrected chi connectivity index (χ0v) is 10.1. The van der Waals surface area contributed by atoms with Gasteiger partial charge in [-0.3, -0.25) is 14.4 Å². The monoisotopic (exact) mass is 264 g/mol. The van der Waals surface area contributed by atoms with Crippen molar-refractivity contribution >= 4 is 23.5 Å². The van der Waals surface area contributed by atoms with E-state index in [1.165, 1.54) is 0 Å². The number of fused-ring (bicyclic) bond motifs is 4. The van der Waals surface area contributed by atoms with Gasteiger partial charge < -0.3 is 9.47 Å². The first-order valence-electron chi connectivity index (χ1n) is 6.26. The van der Waals surface area contributed by atoms with Gasteiger partial charge in [-0.2, -0.15) is 0 Å². The van der Waals surface area contributed by atoms with Gasteiger partial charge in [0.15, 0.2) is 0 Å². The average Bonchev–Trinajstić information content (AvgIpc) is 2.80. The summed E-state index contributed by atoms with van der Waals surface area (Å²) >= 11 is 0. The average molecular weight is 264 g/mol. The van der Waals surface area contributed by atoms with Crippen LogP contribution < -0.4 is 0 Å². The van der Waals surface area contributed by atoms with Crippen LogP contribution >= 0.6 is 0 Å². The topological polar surface area (TPSA) is 86.7 Å². The van der Waals surface area contributed by atoms with Crippen LogP contribution in [0.5, 0.6) is 0 Å². The largest absolute Gasteiger partial charge is 0.389 e. The van der Waals surface area contributed by atoms with E-state index in [9.17, 15) is 19.2 Å². The number of ether oxygens (including phenoxy) is 2. The minimum absolute atomic E-state index is 0.0485. The number of carbonyl (C=O) groups is 4. The smallest absolute Gasteiger partial charge is 0.349 e. The van der Waals surface area contributed by atoms with Gasteiger partial charge in [0.2, 0.25) is 11.6 Å². The predicted octanol–water partition coefficient (Wildman–Crippen LogP) is 0.0936. The van der Waals surface area contributed by atoms with Crippen molar-refractivity contribution in [3.05, 3.63) is 11.1 Å². The molecule has 0 N–H and O–H groups in total. The van der Waals surface area contributed by atoms with Crippen LogP contribution in [0.4, 0.5) is 0 Å². The molecule has 4 rings (SSSR count). The van der Waals surface area contributed by atoms with E-state index in [1.807, 2.05) is 0 Å². The highest BCUT2D eigenvalue weighted by Crippen LogP contribution is 2.34. The molecule has 0 amide bonds. The summed E-state index contributed by atoms with van der Waals surface area (Å²) in [6.45, 7) is 0.660. The summed E-state index contributed by atoms with van der Waals surface area (Å²) in [6, 6.07) is 0. The fourth-order valence-corrected chi connectivity index (χ4v) is 2.79. The molecule has 0 aromatic carbocycles. The third-order valence-corrected chi connectivity index (χ3v) is 3.75. The third-order valence-electron chi connectivity index (χ3n) is 3.75. The minimum Gasteiger partial charge on any atom is -0.389 e. The molecule has 100 valence electrons. The van der Waals surface area contributed by atoms with E-state index >= 15 is 0 Å². The zero-order chi connectivity index (χ0) is 13.6. The molecule has 6 heteroatoms. The van der Waals surface area contributed by atoms with Crippen LogP contribution in [-0.4, -0.2) is 36.2 Å². The molecule has 4 aliphatic rings. The van der Waals surface area contributed by atoms with Crippen molar-refractivity contribution in [1.82, 2.24) is 0 Å². The first-order valence-corrected chi connectivity index (χ1v) is 6.26. The summed E-state index contributed by atoms with van der Waals surface area (Å²) in [5, 5.41) is 0. The standard InChI is InChI=1S/C13H12O6/c14-10-8-5-6(4-7-2-1-3-18-7)9(11(10)15)13(17)19-12(8)16/h7-8H,1-5H2. The van der Waals surface area contributed by atoms with Crippen LogP contribution in [0.15, 0.2) is 11.1 Å². The molecule has 2 bridgehead atoms. The maximum absolute atomic E-state index is 11.8. The van der Waals surface area contributed by atoms with Crippen molar-refractivity contribution in [3.63, 3.8) is 0 Å². The van der Waals surface area contributed by atoms with Gasteiger partial charge in [-0.25, -0.2) is 4.79 Å². The molecule has 2 fully saturated rings. The summed E-state index contributed by atoms with van der Waals surface area (Å²) in [5.41, 5.74) is 0.278. The van der Waals surface area contributed by atoms with Crippen LogP contribution in [0.25, 0.3) is 0 Å². The maximum atomic E-state index is 11.8. The Morgan fingerprint density at radius 1 is 1.16 bits per heavy atom. The lowest BCUT2D eigenvalue weighted by Crippen LogP contribution is -2.33. The van der Waals surface area contributed by atoms with E-state index in [0.29, 0.717) is 18.6 Å². The van der Waals surface area contributed by atoms with Crippen LogP contribution in [-0.2, 0) is 28.7 Å². The van der Waals surface area contributed by atoms with E-state index in [-0.39, 0.29) is 18.1 Å². The molecule has 2 atom stereocenters. The number of hydrogen-bond donors (Lipinski definition) is 0. The van der Waals surface area contributed by atoms with Crippen LogP contribution in [0.2, 0.25) is 0 Å². The van der Waals surface area contributed by atoms with Crippen LogP contribution in [0, 0.1) is 5.92 Å². The van der Waals surface area contributed by atoms with Crippen molar-refractivity contribution in [3.8, 4) is 0 Å². The normalized spacial score (nSPS) is 30.9. The van der Waals surface area contributed by atoms with Crippen LogP contribution in [0.1, 0.15) is 25.7 Å². The molecule has 0 radical (unpaired) electrons. The SMILES string of the molecule is O=C1OC(=O)C2CC(CC3CCCO3)=C1C(=O)C2=O. The summed E-state index contributed by atoms with van der Waals surface area (Å²) in [4.78, 5) is 46.8. The highest BCUT2D eigenvalue weighted by Gasteiger charge is 2.48. The Kier molecular flexibility index (Phi) is 2.82. The summed E-state index contributed by atoms with van der Waals surface area (Å²) in [7, 11) is 0. The number of ketones is 2. The number of esters is 2. The Bertz CT molecular complexity index is 523. The highest BCUT2D eigenvalue weighted by molar-refractivity contribution is 6.54. The molecular formula is C13H12O6. The van der Waals surface area contributed by atoms with Gasteiger partial charge in [0.1, 0.15) is 11.5 Å². The Morgan fingerprint density at radius 2 is 1.95 bits per heavy atom. The molecule has 0 spiro atoms. The molecule has 2 unspecified atom stereocenters. The van der Waals surface area contributed by atoms with Crippen molar-refractivity contribution in [1.29, 1.82) is 0 Å². The summed E-state index contributed by atoms with van der Waals surface area (Å²) < 4.78 is 9.98. The van der Waals surface area contributed by atoms with E-state index in [1.54, 1.807) is 0 Å². The van der Waals surface area contributed by atoms with Crippen molar-refractivity contribution in [2.24, 2.45) is 5.92 Å². The maximum Gasteiger partial charge on any atom is 0.349 e. The van der Waals surface area contributed by atoms with Gasteiger partial charge in [0, 0.05) is 6.61 Å². The fraction of sp³-hybridized carbons (Fsp3) is 0.538. The fourth-order valence-electron chi connectivity index (χ4n) is 2.79. The quantitative estimate of drug-likeness (QED) is 0.304. The number of rotatable bonds is 2. The van der Waals surface area contributed by atoms with Gasteiger partial charge in [-0.1, -0.05) is 0 Å². The molecule has 2 saturated heterocycles. The lowest BCUT2D eigenvalue weighted by atomic mass is 9.81. The molecule has 19 heavy (non-hydrogen) atoms. The molecule has 0 aromatic rings. The Hall–Kier alpha value is -1.82. The van der Waals surface area contributed by atoms with E-state index < -0.39 is 29.4 Å².